The Hall–Kier alpha value is -3.03. The summed E-state index contributed by atoms with van der Waals surface area (Å²) in [5.41, 5.74) is -0.716. The van der Waals surface area contributed by atoms with Crippen molar-refractivity contribution in [2.75, 3.05) is 26.2 Å². The van der Waals surface area contributed by atoms with Gasteiger partial charge < -0.3 is 15.0 Å². The van der Waals surface area contributed by atoms with Crippen molar-refractivity contribution in [2.45, 2.75) is 12.8 Å². The molecule has 1 N–H and O–H groups in total. The van der Waals surface area contributed by atoms with Gasteiger partial charge in [0.25, 0.3) is 0 Å². The third-order valence-electron chi connectivity index (χ3n) is 5.84. The molecule has 3 heterocycles. The molecular formula is C21H21F2N3O3. The normalized spacial score (nSPS) is 23.4. The Morgan fingerprint density at radius 1 is 1.28 bits per heavy atom. The Kier molecular flexibility index (Phi) is 5.17. The summed E-state index contributed by atoms with van der Waals surface area (Å²) in [5.74, 6) is -2.03. The molecule has 2 amide bonds. The van der Waals surface area contributed by atoms with E-state index in [9.17, 15) is 18.4 Å². The number of hydrogen-bond donors (Lipinski definition) is 1. The molecule has 0 unspecified atom stereocenters. The summed E-state index contributed by atoms with van der Waals surface area (Å²) in [6.07, 6.45) is 1.90. The first-order valence-electron chi connectivity index (χ1n) is 9.52. The van der Waals surface area contributed by atoms with Gasteiger partial charge in [-0.25, -0.2) is 13.8 Å². The third kappa shape index (κ3) is 3.66. The van der Waals surface area contributed by atoms with E-state index in [-0.39, 0.29) is 36.3 Å². The highest BCUT2D eigenvalue weighted by molar-refractivity contribution is 5.88. The van der Waals surface area contributed by atoms with E-state index in [1.165, 1.54) is 12.1 Å². The summed E-state index contributed by atoms with van der Waals surface area (Å²) >= 11 is 0. The van der Waals surface area contributed by atoms with Crippen molar-refractivity contribution in [3.63, 3.8) is 0 Å². The van der Waals surface area contributed by atoms with E-state index in [0.29, 0.717) is 32.0 Å². The number of amides is 2. The number of ether oxygens (including phenoxy) is 1. The molecule has 2 saturated heterocycles. The van der Waals surface area contributed by atoms with Crippen molar-refractivity contribution in [1.82, 2.24) is 15.2 Å². The second-order valence-corrected chi connectivity index (χ2v) is 7.50. The molecule has 0 saturated carbocycles. The first kappa shape index (κ1) is 19.3. The van der Waals surface area contributed by atoms with E-state index < -0.39 is 17.0 Å². The largest absolute Gasteiger partial charge is 0.477 e. The molecule has 2 aromatic rings. The molecule has 0 radical (unpaired) electrons. The lowest BCUT2D eigenvalue weighted by Crippen LogP contribution is -2.41. The molecule has 29 heavy (non-hydrogen) atoms. The van der Waals surface area contributed by atoms with E-state index in [2.05, 4.69) is 10.3 Å². The number of benzene rings is 1. The van der Waals surface area contributed by atoms with Crippen molar-refractivity contribution in [1.29, 1.82) is 0 Å². The summed E-state index contributed by atoms with van der Waals surface area (Å²) in [6.45, 7) is 1.40. The quantitative estimate of drug-likeness (QED) is 0.831. The summed E-state index contributed by atoms with van der Waals surface area (Å²) in [4.78, 5) is 31.0. The van der Waals surface area contributed by atoms with Gasteiger partial charge in [-0.15, -0.1) is 0 Å². The Labute approximate surface area is 166 Å². The standard InChI is InChI=1S/C21H21F2N3O3/c22-16-5-3-4-14(19(16)23)10-18(27)26-9-7-21(13-26)15(11-25-20(21)28)12-29-17-6-1-2-8-24-17/h1-6,8,15H,7,9-13H2,(H,25,28)/t15-,21-/m1/s1. The van der Waals surface area contributed by atoms with Crippen LogP contribution in [0.15, 0.2) is 42.6 Å². The predicted octanol–water partition coefficient (Wildman–Crippen LogP) is 1.95. The summed E-state index contributed by atoms with van der Waals surface area (Å²) in [7, 11) is 0. The first-order chi connectivity index (χ1) is 14.0. The Morgan fingerprint density at radius 2 is 2.14 bits per heavy atom. The van der Waals surface area contributed by atoms with Gasteiger partial charge >= 0.3 is 0 Å². The van der Waals surface area contributed by atoms with Crippen molar-refractivity contribution in [2.24, 2.45) is 11.3 Å². The predicted molar refractivity (Wildman–Crippen MR) is 99.9 cm³/mol. The maximum atomic E-state index is 13.9. The van der Waals surface area contributed by atoms with Crippen LogP contribution in [-0.4, -0.2) is 47.9 Å². The topological polar surface area (TPSA) is 71.5 Å². The zero-order valence-electron chi connectivity index (χ0n) is 15.7. The number of carbonyl (C=O) groups excluding carboxylic acids is 2. The minimum Gasteiger partial charge on any atom is -0.477 e. The first-order valence-corrected chi connectivity index (χ1v) is 9.52. The molecule has 1 aromatic carbocycles. The van der Waals surface area contributed by atoms with Crippen molar-refractivity contribution in [3.8, 4) is 5.88 Å². The summed E-state index contributed by atoms with van der Waals surface area (Å²) < 4.78 is 33.0. The third-order valence-corrected chi connectivity index (χ3v) is 5.84. The van der Waals surface area contributed by atoms with Crippen molar-refractivity contribution < 1.29 is 23.1 Å². The van der Waals surface area contributed by atoms with Gasteiger partial charge in [0.05, 0.1) is 18.4 Å². The lowest BCUT2D eigenvalue weighted by atomic mass is 9.77. The van der Waals surface area contributed by atoms with Crippen LogP contribution < -0.4 is 10.1 Å². The van der Waals surface area contributed by atoms with Gasteiger partial charge in [-0.1, -0.05) is 18.2 Å². The molecule has 2 aliphatic heterocycles. The maximum Gasteiger partial charge on any atom is 0.228 e. The van der Waals surface area contributed by atoms with Crippen LogP contribution in [0.2, 0.25) is 0 Å². The molecule has 2 aliphatic rings. The SMILES string of the molecule is O=C(Cc1cccc(F)c1F)N1CC[C@]2(C1)C(=O)NC[C@@H]2COc1ccccn1. The number of rotatable bonds is 5. The van der Waals surface area contributed by atoms with E-state index in [1.54, 1.807) is 23.2 Å². The van der Waals surface area contributed by atoms with Crippen LogP contribution in [0.1, 0.15) is 12.0 Å². The number of nitrogens with one attached hydrogen (secondary N) is 1. The molecule has 1 spiro atoms. The summed E-state index contributed by atoms with van der Waals surface area (Å²) in [5, 5.41) is 2.88. The number of aromatic nitrogens is 1. The number of carbonyl (C=O) groups is 2. The highest BCUT2D eigenvalue weighted by Gasteiger charge is 2.55. The molecule has 1 aromatic heterocycles. The van der Waals surface area contributed by atoms with Crippen LogP contribution in [0.25, 0.3) is 0 Å². The van der Waals surface area contributed by atoms with Crippen LogP contribution in [-0.2, 0) is 16.0 Å². The molecule has 2 atom stereocenters. The number of likely N-dealkylation sites (tertiary alicyclic amines) is 1. The molecule has 2 fully saturated rings. The van der Waals surface area contributed by atoms with E-state index in [1.807, 2.05) is 6.07 Å². The maximum absolute atomic E-state index is 13.9. The van der Waals surface area contributed by atoms with Gasteiger partial charge in [0.15, 0.2) is 11.6 Å². The van der Waals surface area contributed by atoms with Crippen LogP contribution in [0.4, 0.5) is 8.78 Å². The molecule has 0 aliphatic carbocycles. The van der Waals surface area contributed by atoms with Crippen molar-refractivity contribution in [3.05, 3.63) is 59.8 Å². The van der Waals surface area contributed by atoms with E-state index in [0.717, 1.165) is 6.07 Å². The van der Waals surface area contributed by atoms with E-state index in [4.69, 9.17) is 4.74 Å². The zero-order valence-corrected chi connectivity index (χ0v) is 15.7. The smallest absolute Gasteiger partial charge is 0.228 e. The fourth-order valence-corrected chi connectivity index (χ4v) is 4.13. The van der Waals surface area contributed by atoms with Crippen LogP contribution in [0, 0.1) is 23.0 Å². The number of hydrogen-bond acceptors (Lipinski definition) is 4. The number of halogens is 2. The van der Waals surface area contributed by atoms with Crippen LogP contribution >= 0.6 is 0 Å². The van der Waals surface area contributed by atoms with Crippen molar-refractivity contribution >= 4 is 11.8 Å². The van der Waals surface area contributed by atoms with Crippen LogP contribution in [0.3, 0.4) is 0 Å². The van der Waals surface area contributed by atoms with Crippen LogP contribution in [0.5, 0.6) is 5.88 Å². The van der Waals surface area contributed by atoms with Gasteiger partial charge in [0.1, 0.15) is 0 Å². The monoisotopic (exact) mass is 401 g/mol. The molecule has 6 nitrogen and oxygen atoms in total. The lowest BCUT2D eigenvalue weighted by molar-refractivity contribution is -0.132. The van der Waals surface area contributed by atoms with Gasteiger partial charge in [-0.05, 0) is 18.6 Å². The second-order valence-electron chi connectivity index (χ2n) is 7.50. The Morgan fingerprint density at radius 3 is 2.93 bits per heavy atom. The average molecular weight is 401 g/mol. The number of pyridine rings is 1. The molecule has 152 valence electrons. The fourth-order valence-electron chi connectivity index (χ4n) is 4.13. The number of nitrogens with zero attached hydrogens (tertiary/aromatic N) is 2. The molecule has 0 bridgehead atoms. The minimum absolute atomic E-state index is 0.0156. The molecular weight excluding hydrogens is 380 g/mol. The highest BCUT2D eigenvalue weighted by Crippen LogP contribution is 2.42. The molecule has 8 heteroatoms. The van der Waals surface area contributed by atoms with Gasteiger partial charge in [0.2, 0.25) is 17.7 Å². The van der Waals surface area contributed by atoms with Gasteiger partial charge in [-0.3, -0.25) is 9.59 Å². The fraction of sp³-hybridized carbons (Fsp3) is 0.381. The van der Waals surface area contributed by atoms with E-state index >= 15 is 0 Å². The van der Waals surface area contributed by atoms with Gasteiger partial charge in [-0.2, -0.15) is 0 Å². The van der Waals surface area contributed by atoms with Gasteiger partial charge in [0, 0.05) is 43.4 Å². The Bertz CT molecular complexity index is 925. The minimum atomic E-state index is -1.00. The average Bonchev–Trinajstić information content (AvgIpc) is 3.30. The summed E-state index contributed by atoms with van der Waals surface area (Å²) in [6, 6.07) is 9.14. The highest BCUT2D eigenvalue weighted by atomic mass is 19.2. The molecule has 4 rings (SSSR count). The lowest BCUT2D eigenvalue weighted by Gasteiger charge is -2.28. The zero-order chi connectivity index (χ0) is 20.4. The second kappa shape index (κ2) is 7.77. The Balaban J connectivity index is 1.43.